The van der Waals surface area contributed by atoms with Gasteiger partial charge in [-0.1, -0.05) is 18.2 Å². The van der Waals surface area contributed by atoms with Gasteiger partial charge in [0.15, 0.2) is 6.04 Å². The number of aryl methyl sites for hydroxylation is 3. The molecule has 1 aliphatic rings. The second-order valence-corrected chi connectivity index (χ2v) is 6.09. The standard InChI is InChI=1S/C19H18FNO3/c1-11-9-14(7-8-16(11)20)17(19(23)24)21-18(22)15-6-5-12-3-2-4-13(12)10-15/h5-10,17H,2-4H2,1H3,(H,21,22)(H,23,24). The van der Waals surface area contributed by atoms with Crippen molar-refractivity contribution in [2.24, 2.45) is 0 Å². The third-order valence-corrected chi connectivity index (χ3v) is 4.40. The molecular formula is C19H18FNO3. The second-order valence-electron chi connectivity index (χ2n) is 6.09. The Morgan fingerprint density at radius 3 is 2.58 bits per heavy atom. The molecule has 0 radical (unpaired) electrons. The summed E-state index contributed by atoms with van der Waals surface area (Å²) in [4.78, 5) is 24.0. The molecule has 0 saturated heterocycles. The van der Waals surface area contributed by atoms with E-state index in [0.717, 1.165) is 24.8 Å². The van der Waals surface area contributed by atoms with Crippen LogP contribution in [0.4, 0.5) is 4.39 Å². The van der Waals surface area contributed by atoms with Crippen LogP contribution in [0.1, 0.15) is 45.1 Å². The molecule has 0 saturated carbocycles. The lowest BCUT2D eigenvalue weighted by Gasteiger charge is -2.16. The molecule has 0 bridgehead atoms. The molecule has 5 heteroatoms. The van der Waals surface area contributed by atoms with Crippen molar-refractivity contribution in [2.45, 2.75) is 32.2 Å². The lowest BCUT2D eigenvalue weighted by molar-refractivity contribution is -0.139. The molecule has 2 N–H and O–H groups in total. The van der Waals surface area contributed by atoms with Crippen LogP contribution in [0.3, 0.4) is 0 Å². The van der Waals surface area contributed by atoms with E-state index in [4.69, 9.17) is 0 Å². The topological polar surface area (TPSA) is 66.4 Å². The van der Waals surface area contributed by atoms with E-state index in [1.165, 1.54) is 23.8 Å². The summed E-state index contributed by atoms with van der Waals surface area (Å²) in [6.45, 7) is 1.56. The normalized spacial score (nSPS) is 14.1. The predicted octanol–water partition coefficient (Wildman–Crippen LogP) is 3.18. The Kier molecular flexibility index (Phi) is 4.34. The Bertz CT molecular complexity index is 816. The molecule has 4 nitrogen and oxygen atoms in total. The molecule has 0 heterocycles. The number of fused-ring (bicyclic) bond motifs is 1. The highest BCUT2D eigenvalue weighted by Gasteiger charge is 2.24. The first kappa shape index (κ1) is 16.2. The monoisotopic (exact) mass is 327 g/mol. The van der Waals surface area contributed by atoms with Crippen molar-refractivity contribution >= 4 is 11.9 Å². The Balaban J connectivity index is 1.84. The maximum absolute atomic E-state index is 13.4. The minimum Gasteiger partial charge on any atom is -0.479 e. The van der Waals surface area contributed by atoms with Crippen molar-refractivity contribution in [3.63, 3.8) is 0 Å². The van der Waals surface area contributed by atoms with Gasteiger partial charge in [0, 0.05) is 5.56 Å². The van der Waals surface area contributed by atoms with Gasteiger partial charge in [-0.25, -0.2) is 9.18 Å². The average molecular weight is 327 g/mol. The predicted molar refractivity (Wildman–Crippen MR) is 87.4 cm³/mol. The summed E-state index contributed by atoms with van der Waals surface area (Å²) in [7, 11) is 0. The Hall–Kier alpha value is -2.69. The van der Waals surface area contributed by atoms with Crippen LogP contribution in [0.15, 0.2) is 36.4 Å². The van der Waals surface area contributed by atoms with Crippen LogP contribution in [0.25, 0.3) is 0 Å². The number of carbonyl (C=O) groups excluding carboxylic acids is 1. The largest absolute Gasteiger partial charge is 0.479 e. The fraction of sp³-hybridized carbons (Fsp3) is 0.263. The zero-order valence-corrected chi connectivity index (χ0v) is 13.3. The summed E-state index contributed by atoms with van der Waals surface area (Å²) in [6.07, 6.45) is 3.03. The van der Waals surface area contributed by atoms with Crippen molar-refractivity contribution in [1.82, 2.24) is 5.32 Å². The number of hydrogen-bond acceptors (Lipinski definition) is 2. The van der Waals surface area contributed by atoms with Crippen molar-refractivity contribution in [2.75, 3.05) is 0 Å². The number of benzene rings is 2. The van der Waals surface area contributed by atoms with E-state index < -0.39 is 23.7 Å². The van der Waals surface area contributed by atoms with Crippen molar-refractivity contribution < 1.29 is 19.1 Å². The molecular weight excluding hydrogens is 309 g/mol. The molecule has 24 heavy (non-hydrogen) atoms. The van der Waals surface area contributed by atoms with E-state index in [1.54, 1.807) is 13.0 Å². The van der Waals surface area contributed by atoms with Crippen LogP contribution in [0.2, 0.25) is 0 Å². The van der Waals surface area contributed by atoms with Gasteiger partial charge >= 0.3 is 5.97 Å². The molecule has 124 valence electrons. The Labute approximate surface area is 139 Å². The highest BCUT2D eigenvalue weighted by molar-refractivity contribution is 5.97. The molecule has 0 spiro atoms. The van der Waals surface area contributed by atoms with Crippen molar-refractivity contribution in [3.8, 4) is 0 Å². The SMILES string of the molecule is Cc1cc(C(NC(=O)c2ccc3c(c2)CCC3)C(=O)O)ccc1F. The molecule has 1 aliphatic carbocycles. The maximum atomic E-state index is 13.4. The van der Waals surface area contributed by atoms with Crippen molar-refractivity contribution in [3.05, 3.63) is 70.0 Å². The van der Waals surface area contributed by atoms with Crippen LogP contribution in [-0.2, 0) is 17.6 Å². The number of carbonyl (C=O) groups is 2. The first-order chi connectivity index (χ1) is 11.5. The van der Waals surface area contributed by atoms with Crippen LogP contribution >= 0.6 is 0 Å². The van der Waals surface area contributed by atoms with Crippen LogP contribution in [0.5, 0.6) is 0 Å². The van der Waals surface area contributed by atoms with Gasteiger partial charge in [-0.05, 0) is 66.6 Å². The van der Waals surface area contributed by atoms with E-state index in [1.807, 2.05) is 12.1 Å². The molecule has 2 aromatic carbocycles. The number of amides is 1. The molecule has 0 aromatic heterocycles. The molecule has 2 aromatic rings. The van der Waals surface area contributed by atoms with E-state index in [9.17, 15) is 19.1 Å². The Morgan fingerprint density at radius 2 is 1.88 bits per heavy atom. The van der Waals surface area contributed by atoms with Gasteiger partial charge in [-0.2, -0.15) is 0 Å². The lowest BCUT2D eigenvalue weighted by Crippen LogP contribution is -2.33. The van der Waals surface area contributed by atoms with Crippen LogP contribution in [-0.4, -0.2) is 17.0 Å². The lowest BCUT2D eigenvalue weighted by atomic mass is 10.0. The second kappa shape index (κ2) is 6.43. The minimum absolute atomic E-state index is 0.338. The molecule has 3 rings (SSSR count). The number of nitrogens with one attached hydrogen (secondary N) is 1. The first-order valence-electron chi connectivity index (χ1n) is 7.87. The van der Waals surface area contributed by atoms with E-state index in [0.29, 0.717) is 16.7 Å². The molecule has 0 aliphatic heterocycles. The van der Waals surface area contributed by atoms with Gasteiger partial charge in [0.2, 0.25) is 0 Å². The quantitative estimate of drug-likeness (QED) is 0.906. The van der Waals surface area contributed by atoms with Gasteiger partial charge in [0.1, 0.15) is 5.82 Å². The summed E-state index contributed by atoms with van der Waals surface area (Å²) >= 11 is 0. The summed E-state index contributed by atoms with van der Waals surface area (Å²) in [5.74, 6) is -2.04. The van der Waals surface area contributed by atoms with Gasteiger partial charge in [-0.15, -0.1) is 0 Å². The van der Waals surface area contributed by atoms with Gasteiger partial charge in [0.25, 0.3) is 5.91 Å². The van der Waals surface area contributed by atoms with E-state index in [-0.39, 0.29) is 0 Å². The summed E-state index contributed by atoms with van der Waals surface area (Å²) in [6, 6.07) is 8.28. The minimum atomic E-state index is -1.22. The number of rotatable bonds is 4. The van der Waals surface area contributed by atoms with Crippen molar-refractivity contribution in [1.29, 1.82) is 0 Å². The number of aliphatic carboxylic acids is 1. The first-order valence-corrected chi connectivity index (χ1v) is 7.87. The molecule has 1 amide bonds. The number of hydrogen-bond donors (Lipinski definition) is 2. The zero-order chi connectivity index (χ0) is 17.3. The smallest absolute Gasteiger partial charge is 0.330 e. The summed E-state index contributed by atoms with van der Waals surface area (Å²) in [5.41, 5.74) is 3.52. The average Bonchev–Trinajstić information content (AvgIpc) is 3.02. The third kappa shape index (κ3) is 3.15. The maximum Gasteiger partial charge on any atom is 0.330 e. The number of halogens is 1. The van der Waals surface area contributed by atoms with Gasteiger partial charge in [-0.3, -0.25) is 4.79 Å². The fourth-order valence-electron chi connectivity index (χ4n) is 3.06. The van der Waals surface area contributed by atoms with E-state index in [2.05, 4.69) is 5.32 Å². The number of carboxylic acids is 1. The summed E-state index contributed by atoms with van der Waals surface area (Å²) in [5, 5.41) is 12.0. The Morgan fingerprint density at radius 1 is 1.12 bits per heavy atom. The number of carboxylic acid groups (broad SMARTS) is 1. The zero-order valence-electron chi connectivity index (χ0n) is 13.3. The highest BCUT2D eigenvalue weighted by Crippen LogP contribution is 2.23. The molecule has 1 atom stereocenters. The van der Waals surface area contributed by atoms with E-state index >= 15 is 0 Å². The van der Waals surface area contributed by atoms with Gasteiger partial charge in [0.05, 0.1) is 0 Å². The molecule has 0 fully saturated rings. The highest BCUT2D eigenvalue weighted by atomic mass is 19.1. The fourth-order valence-corrected chi connectivity index (χ4v) is 3.06. The summed E-state index contributed by atoms with van der Waals surface area (Å²) < 4.78 is 13.4. The van der Waals surface area contributed by atoms with Crippen LogP contribution in [0, 0.1) is 12.7 Å². The third-order valence-electron chi connectivity index (χ3n) is 4.40. The van der Waals surface area contributed by atoms with Gasteiger partial charge < -0.3 is 10.4 Å². The molecule has 1 unspecified atom stereocenters. The van der Waals surface area contributed by atoms with Crippen LogP contribution < -0.4 is 5.32 Å².